The highest BCUT2D eigenvalue weighted by atomic mass is 16.1. The molecule has 1 aliphatic heterocycles. The summed E-state index contributed by atoms with van der Waals surface area (Å²) in [7, 11) is 0. The van der Waals surface area contributed by atoms with E-state index in [1.165, 1.54) is 16.8 Å². The summed E-state index contributed by atoms with van der Waals surface area (Å²) in [6.07, 6.45) is 1.67. The molecule has 3 rings (SSSR count). The summed E-state index contributed by atoms with van der Waals surface area (Å²) in [5, 5.41) is 2.91. The molecule has 0 spiro atoms. The van der Waals surface area contributed by atoms with E-state index in [1.807, 2.05) is 0 Å². The fourth-order valence-corrected chi connectivity index (χ4v) is 3.24. The summed E-state index contributed by atoms with van der Waals surface area (Å²) in [5.41, 5.74) is 4.39. The molecule has 2 aromatic rings. The number of piperazine rings is 1. The number of benzene rings is 1. The Balaban J connectivity index is 1.65. The number of hydrogen-bond acceptors (Lipinski definition) is 5. The summed E-state index contributed by atoms with van der Waals surface area (Å²) in [6, 6.07) is 8.13. The number of anilines is 2. The lowest BCUT2D eigenvalue weighted by molar-refractivity contribution is 0.0944. The van der Waals surface area contributed by atoms with Crippen LogP contribution < -0.4 is 15.1 Å². The molecular formula is C21H29N5O. The van der Waals surface area contributed by atoms with Crippen LogP contribution in [0.5, 0.6) is 0 Å². The third-order valence-corrected chi connectivity index (χ3v) is 5.03. The zero-order chi connectivity index (χ0) is 19.4. The zero-order valence-corrected chi connectivity index (χ0v) is 16.7. The van der Waals surface area contributed by atoms with Gasteiger partial charge >= 0.3 is 0 Å². The van der Waals surface area contributed by atoms with E-state index in [2.05, 4.69) is 71.0 Å². The smallest absolute Gasteiger partial charge is 0.270 e. The topological polar surface area (TPSA) is 61.4 Å². The van der Waals surface area contributed by atoms with Crippen LogP contribution in [-0.2, 0) is 0 Å². The van der Waals surface area contributed by atoms with Gasteiger partial charge in [0.2, 0.25) is 5.95 Å². The van der Waals surface area contributed by atoms with Crippen LogP contribution in [0, 0.1) is 19.8 Å². The van der Waals surface area contributed by atoms with Crippen LogP contribution in [0.2, 0.25) is 0 Å². The lowest BCUT2D eigenvalue weighted by Gasteiger charge is -2.37. The number of nitrogens with zero attached hydrogens (tertiary/aromatic N) is 4. The molecule has 0 radical (unpaired) electrons. The van der Waals surface area contributed by atoms with Crippen LogP contribution in [0.3, 0.4) is 0 Å². The third kappa shape index (κ3) is 4.56. The predicted molar refractivity (Wildman–Crippen MR) is 110 cm³/mol. The van der Waals surface area contributed by atoms with Crippen LogP contribution in [0.25, 0.3) is 0 Å². The van der Waals surface area contributed by atoms with Gasteiger partial charge in [-0.05, 0) is 43.0 Å². The number of carbonyl (C=O) groups excluding carboxylic acids is 1. The van der Waals surface area contributed by atoms with Crippen LogP contribution in [0.15, 0.2) is 30.5 Å². The van der Waals surface area contributed by atoms with E-state index < -0.39 is 0 Å². The Kier molecular flexibility index (Phi) is 5.94. The molecule has 1 fully saturated rings. The van der Waals surface area contributed by atoms with Crippen molar-refractivity contribution in [2.75, 3.05) is 42.5 Å². The minimum Gasteiger partial charge on any atom is -0.368 e. The maximum Gasteiger partial charge on any atom is 0.270 e. The molecule has 1 N–H and O–H groups in total. The first-order chi connectivity index (χ1) is 13.0. The van der Waals surface area contributed by atoms with E-state index in [9.17, 15) is 4.79 Å². The van der Waals surface area contributed by atoms with Crippen molar-refractivity contribution in [2.45, 2.75) is 27.7 Å². The maximum atomic E-state index is 12.3. The van der Waals surface area contributed by atoms with Gasteiger partial charge in [-0.15, -0.1) is 0 Å². The second-order valence-corrected chi connectivity index (χ2v) is 7.54. The summed E-state index contributed by atoms with van der Waals surface area (Å²) >= 11 is 0. The molecule has 1 saturated heterocycles. The van der Waals surface area contributed by atoms with E-state index in [-0.39, 0.29) is 5.91 Å². The zero-order valence-electron chi connectivity index (χ0n) is 16.7. The van der Waals surface area contributed by atoms with Crippen LogP contribution in [-0.4, -0.2) is 48.6 Å². The fourth-order valence-electron chi connectivity index (χ4n) is 3.24. The normalized spacial score (nSPS) is 14.6. The largest absolute Gasteiger partial charge is 0.368 e. The van der Waals surface area contributed by atoms with Gasteiger partial charge in [-0.3, -0.25) is 4.79 Å². The van der Waals surface area contributed by atoms with E-state index in [4.69, 9.17) is 0 Å². The number of nitrogens with one attached hydrogen (secondary N) is 1. The molecule has 1 aliphatic rings. The fraction of sp³-hybridized carbons (Fsp3) is 0.476. The van der Waals surface area contributed by atoms with E-state index in [0.29, 0.717) is 24.1 Å². The Morgan fingerprint density at radius 2 is 1.81 bits per heavy atom. The van der Waals surface area contributed by atoms with E-state index in [0.717, 1.165) is 26.2 Å². The van der Waals surface area contributed by atoms with Crippen molar-refractivity contribution in [2.24, 2.45) is 5.92 Å². The van der Waals surface area contributed by atoms with Gasteiger partial charge in [0.05, 0.1) is 0 Å². The highest BCUT2D eigenvalue weighted by Gasteiger charge is 2.21. The van der Waals surface area contributed by atoms with Gasteiger partial charge in [-0.2, -0.15) is 0 Å². The van der Waals surface area contributed by atoms with Crippen molar-refractivity contribution in [3.05, 3.63) is 47.3 Å². The minimum atomic E-state index is -0.138. The Bertz CT molecular complexity index is 797. The molecule has 1 aromatic heterocycles. The van der Waals surface area contributed by atoms with Crippen LogP contribution in [0.1, 0.15) is 35.5 Å². The van der Waals surface area contributed by atoms with Gasteiger partial charge in [-0.25, -0.2) is 9.97 Å². The summed E-state index contributed by atoms with van der Waals surface area (Å²) in [5.74, 6) is 0.905. The highest BCUT2D eigenvalue weighted by molar-refractivity contribution is 5.92. The number of carbonyl (C=O) groups is 1. The first-order valence-corrected chi connectivity index (χ1v) is 9.63. The Morgan fingerprint density at radius 1 is 1.11 bits per heavy atom. The van der Waals surface area contributed by atoms with Gasteiger partial charge in [0.15, 0.2) is 0 Å². The Hall–Kier alpha value is -2.63. The molecule has 6 nitrogen and oxygen atoms in total. The quantitative estimate of drug-likeness (QED) is 0.880. The van der Waals surface area contributed by atoms with Crippen LogP contribution in [0.4, 0.5) is 11.6 Å². The molecule has 27 heavy (non-hydrogen) atoms. The number of aromatic nitrogens is 2. The monoisotopic (exact) mass is 367 g/mol. The SMILES string of the molecule is Cc1cccc(N2CCN(c3nccc(C(=O)NCC(C)C)n3)CC2)c1C. The van der Waals surface area contributed by atoms with Gasteiger partial charge in [0.25, 0.3) is 5.91 Å². The summed E-state index contributed by atoms with van der Waals surface area (Å²) < 4.78 is 0. The van der Waals surface area contributed by atoms with E-state index >= 15 is 0 Å². The van der Waals surface area contributed by atoms with Crippen molar-refractivity contribution in [3.8, 4) is 0 Å². The molecule has 0 aliphatic carbocycles. The second kappa shape index (κ2) is 8.37. The van der Waals surface area contributed by atoms with Gasteiger partial charge in [0, 0.05) is 44.6 Å². The standard InChI is InChI=1S/C21H29N5O/c1-15(2)14-23-20(27)18-8-9-22-21(24-18)26-12-10-25(11-13-26)19-7-5-6-16(3)17(19)4/h5-9,15H,10-14H2,1-4H3,(H,23,27). The van der Waals surface area contributed by atoms with Crippen molar-refractivity contribution in [1.82, 2.24) is 15.3 Å². The number of aryl methyl sites for hydroxylation is 1. The Morgan fingerprint density at radius 3 is 2.52 bits per heavy atom. The third-order valence-electron chi connectivity index (χ3n) is 5.03. The van der Waals surface area contributed by atoms with Crippen molar-refractivity contribution in [1.29, 1.82) is 0 Å². The lowest BCUT2D eigenvalue weighted by Crippen LogP contribution is -2.47. The average molecular weight is 367 g/mol. The molecule has 0 atom stereocenters. The predicted octanol–water partition coefficient (Wildman–Crippen LogP) is 2.81. The second-order valence-electron chi connectivity index (χ2n) is 7.54. The molecular weight excluding hydrogens is 338 g/mol. The van der Waals surface area contributed by atoms with Gasteiger partial charge < -0.3 is 15.1 Å². The van der Waals surface area contributed by atoms with E-state index in [1.54, 1.807) is 12.3 Å². The average Bonchev–Trinajstić information content (AvgIpc) is 2.68. The first-order valence-electron chi connectivity index (χ1n) is 9.63. The van der Waals surface area contributed by atoms with Crippen LogP contribution >= 0.6 is 0 Å². The molecule has 2 heterocycles. The molecule has 0 bridgehead atoms. The summed E-state index contributed by atoms with van der Waals surface area (Å²) in [6.45, 7) is 12.6. The number of rotatable bonds is 5. The molecule has 0 unspecified atom stereocenters. The molecule has 1 amide bonds. The minimum absolute atomic E-state index is 0.138. The first kappa shape index (κ1) is 19.1. The molecule has 0 saturated carbocycles. The van der Waals surface area contributed by atoms with Gasteiger partial charge in [-0.1, -0.05) is 26.0 Å². The molecule has 6 heteroatoms. The van der Waals surface area contributed by atoms with Crippen molar-refractivity contribution >= 4 is 17.5 Å². The lowest BCUT2D eigenvalue weighted by atomic mass is 10.1. The highest BCUT2D eigenvalue weighted by Crippen LogP contribution is 2.24. The van der Waals surface area contributed by atoms with Crippen molar-refractivity contribution < 1.29 is 4.79 Å². The molecule has 1 aromatic carbocycles. The number of amides is 1. The maximum absolute atomic E-state index is 12.3. The summed E-state index contributed by atoms with van der Waals surface area (Å²) in [4.78, 5) is 25.7. The van der Waals surface area contributed by atoms with Crippen molar-refractivity contribution in [3.63, 3.8) is 0 Å². The Labute approximate surface area is 161 Å². The number of hydrogen-bond donors (Lipinski definition) is 1. The van der Waals surface area contributed by atoms with Gasteiger partial charge in [0.1, 0.15) is 5.69 Å². The molecule has 144 valence electrons.